The second kappa shape index (κ2) is 9.65. The van der Waals surface area contributed by atoms with Crippen LogP contribution in [0.3, 0.4) is 0 Å². The Kier molecular flexibility index (Phi) is 25.2. The maximum atomic E-state index is 8.56. The van der Waals surface area contributed by atoms with Gasteiger partial charge in [-0.25, -0.2) is 4.79 Å². The van der Waals surface area contributed by atoms with Crippen molar-refractivity contribution in [3.63, 3.8) is 0 Å². The van der Waals surface area contributed by atoms with Gasteiger partial charge in [-0.05, 0) is 0 Å². The minimum atomic E-state index is -1.83. The summed E-state index contributed by atoms with van der Waals surface area (Å²) in [5.74, 6) is 0. The van der Waals surface area contributed by atoms with Gasteiger partial charge in [0.25, 0.3) is 0 Å². The van der Waals surface area contributed by atoms with Crippen molar-refractivity contribution in [2.45, 2.75) is 0 Å². The third-order valence-corrected chi connectivity index (χ3v) is 0. The van der Waals surface area contributed by atoms with Gasteiger partial charge in [0.05, 0.1) is 0 Å². The molecule has 0 heterocycles. The standard InChI is InChI=1S/CH2O3.Pd.Sr.2H/c2-1(3)4;;;;/h(H2,2,3,4);;;;/q;;+2;2*-1. The molecule has 0 aliphatic heterocycles. The van der Waals surface area contributed by atoms with Gasteiger partial charge in [0, 0.05) is 20.4 Å². The van der Waals surface area contributed by atoms with E-state index in [0.29, 0.717) is 0 Å². The minimum Gasteiger partial charge on any atom is -1.00 e. The average Bonchev–Trinajstić information content (AvgIpc) is 0.811. The van der Waals surface area contributed by atoms with Crippen molar-refractivity contribution in [2.24, 2.45) is 0 Å². The van der Waals surface area contributed by atoms with Crippen LogP contribution in [0.25, 0.3) is 0 Å². The molecular formula is CH4O3PdSr. The first-order chi connectivity index (χ1) is 1.73. The number of hydrogen-bond acceptors (Lipinski definition) is 1. The summed E-state index contributed by atoms with van der Waals surface area (Å²) in [5.41, 5.74) is 0. The molecule has 2 N–H and O–H groups in total. The Morgan fingerprint density at radius 2 is 1.50 bits per heavy atom. The average molecular weight is 258 g/mol. The van der Waals surface area contributed by atoms with Crippen LogP contribution in [-0.2, 0) is 20.4 Å². The van der Waals surface area contributed by atoms with Crippen LogP contribution in [0, 0.1) is 0 Å². The second-order valence-electron chi connectivity index (χ2n) is 0.283. The summed E-state index contributed by atoms with van der Waals surface area (Å²) in [6.45, 7) is 0. The zero-order valence-corrected chi connectivity index (χ0v) is 7.86. The zero-order chi connectivity index (χ0) is 3.58. The Morgan fingerprint density at radius 1 is 1.50 bits per heavy atom. The SMILES string of the molecule is O=C(O)O.[H-].[H-].[Pd].[Sr+2]. The summed E-state index contributed by atoms with van der Waals surface area (Å²) in [6.07, 6.45) is -1.83. The Bertz CT molecular complexity index is 40.3. The summed E-state index contributed by atoms with van der Waals surface area (Å²) in [5, 5.41) is 13.9. The molecule has 0 spiro atoms. The van der Waals surface area contributed by atoms with Crippen molar-refractivity contribution in [1.29, 1.82) is 0 Å². The van der Waals surface area contributed by atoms with Gasteiger partial charge in [-0.1, -0.05) is 0 Å². The minimum absolute atomic E-state index is 0. The summed E-state index contributed by atoms with van der Waals surface area (Å²) < 4.78 is 0. The fourth-order valence-electron chi connectivity index (χ4n) is 0. The molecule has 0 aromatic carbocycles. The summed E-state index contributed by atoms with van der Waals surface area (Å²) >= 11 is 0. The molecule has 38 valence electrons. The van der Waals surface area contributed by atoms with E-state index >= 15 is 0 Å². The first-order valence-corrected chi connectivity index (χ1v) is 0.651. The largest absolute Gasteiger partial charge is 2.00 e. The summed E-state index contributed by atoms with van der Waals surface area (Å²) in [7, 11) is 0. The third-order valence-electron chi connectivity index (χ3n) is 0. The number of carboxylic acid groups (broad SMARTS) is 2. The molecule has 0 aromatic heterocycles. The molecule has 0 unspecified atom stereocenters. The molecule has 0 amide bonds. The Labute approximate surface area is 88.6 Å². The molecule has 0 saturated carbocycles. The monoisotopic (exact) mass is 258 g/mol. The number of rotatable bonds is 0. The van der Waals surface area contributed by atoms with E-state index in [0.717, 1.165) is 0 Å². The van der Waals surface area contributed by atoms with E-state index < -0.39 is 6.16 Å². The Hall–Kier alpha value is 1.41. The van der Waals surface area contributed by atoms with Crippen LogP contribution in [0.5, 0.6) is 0 Å². The van der Waals surface area contributed by atoms with Gasteiger partial charge in [-0.2, -0.15) is 0 Å². The third kappa shape index (κ3) is 52.8. The molecule has 0 rings (SSSR count). The van der Waals surface area contributed by atoms with E-state index in [1.54, 1.807) is 0 Å². The fraction of sp³-hybridized carbons (Fsp3) is 0. The predicted molar refractivity (Wildman–Crippen MR) is 18.6 cm³/mol. The quantitative estimate of drug-likeness (QED) is 0.604. The predicted octanol–water partition coefficient (Wildman–Crippen LogP) is 0.0641. The first kappa shape index (κ1) is 15.7. The molecule has 0 radical (unpaired) electrons. The molecule has 0 aliphatic carbocycles. The van der Waals surface area contributed by atoms with Gasteiger partial charge in [-0.15, -0.1) is 0 Å². The van der Waals surface area contributed by atoms with Crippen LogP contribution in [0.4, 0.5) is 4.79 Å². The van der Waals surface area contributed by atoms with Gasteiger partial charge in [0.2, 0.25) is 0 Å². The Balaban J connectivity index is -0.00000000750. The van der Waals surface area contributed by atoms with E-state index in [9.17, 15) is 0 Å². The van der Waals surface area contributed by atoms with Crippen LogP contribution < -0.4 is 0 Å². The normalized spacial score (nSPS) is 4.00. The first-order valence-electron chi connectivity index (χ1n) is 0.651. The van der Waals surface area contributed by atoms with Crippen molar-refractivity contribution >= 4 is 51.6 Å². The van der Waals surface area contributed by atoms with Crippen LogP contribution >= 0.6 is 0 Å². The molecule has 0 aliphatic rings. The number of carbonyl (C=O) groups is 1. The van der Waals surface area contributed by atoms with Gasteiger partial charge in [0.15, 0.2) is 0 Å². The van der Waals surface area contributed by atoms with Crippen LogP contribution in [0.1, 0.15) is 2.85 Å². The molecule has 5 heteroatoms. The molecule has 0 aromatic rings. The van der Waals surface area contributed by atoms with Crippen molar-refractivity contribution in [2.75, 3.05) is 0 Å². The maximum absolute atomic E-state index is 8.56. The van der Waals surface area contributed by atoms with E-state index in [4.69, 9.17) is 15.0 Å². The van der Waals surface area contributed by atoms with Gasteiger partial charge in [0.1, 0.15) is 0 Å². The summed E-state index contributed by atoms with van der Waals surface area (Å²) in [6, 6.07) is 0. The van der Waals surface area contributed by atoms with E-state index in [-0.39, 0.29) is 68.8 Å². The van der Waals surface area contributed by atoms with Gasteiger partial charge < -0.3 is 13.1 Å². The molecule has 6 heavy (non-hydrogen) atoms. The maximum Gasteiger partial charge on any atom is 2.00 e. The van der Waals surface area contributed by atoms with Crippen LogP contribution in [0.15, 0.2) is 0 Å². The summed E-state index contributed by atoms with van der Waals surface area (Å²) in [4.78, 5) is 8.56. The fourth-order valence-corrected chi connectivity index (χ4v) is 0. The van der Waals surface area contributed by atoms with Crippen molar-refractivity contribution in [3.05, 3.63) is 0 Å². The smallest absolute Gasteiger partial charge is 1.00 e. The second-order valence-corrected chi connectivity index (χ2v) is 0.283. The van der Waals surface area contributed by atoms with E-state index in [2.05, 4.69) is 0 Å². The van der Waals surface area contributed by atoms with Crippen molar-refractivity contribution in [3.8, 4) is 0 Å². The molecular weight excluding hydrogens is 254 g/mol. The van der Waals surface area contributed by atoms with Crippen LogP contribution in [-0.4, -0.2) is 61.9 Å². The van der Waals surface area contributed by atoms with E-state index in [1.165, 1.54) is 0 Å². The van der Waals surface area contributed by atoms with Crippen molar-refractivity contribution in [1.82, 2.24) is 0 Å². The van der Waals surface area contributed by atoms with Gasteiger partial charge >= 0.3 is 51.6 Å². The molecule has 0 bridgehead atoms. The Morgan fingerprint density at radius 3 is 1.50 bits per heavy atom. The van der Waals surface area contributed by atoms with Gasteiger partial charge in [-0.3, -0.25) is 0 Å². The van der Waals surface area contributed by atoms with E-state index in [1.807, 2.05) is 0 Å². The zero-order valence-electron chi connectivity index (χ0n) is 4.83. The molecule has 0 atom stereocenters. The molecule has 0 fully saturated rings. The topological polar surface area (TPSA) is 57.5 Å². The van der Waals surface area contributed by atoms with Crippen molar-refractivity contribution < 1.29 is 38.3 Å². The van der Waals surface area contributed by atoms with Crippen LogP contribution in [0.2, 0.25) is 0 Å². The molecule has 3 nitrogen and oxygen atoms in total. The molecule has 0 saturated heterocycles. The number of hydrogen-bond donors (Lipinski definition) is 2.